The van der Waals surface area contributed by atoms with Crippen molar-refractivity contribution in [2.45, 2.75) is 13.1 Å². The Kier molecular flexibility index (Phi) is 3.62. The second kappa shape index (κ2) is 5.19. The van der Waals surface area contributed by atoms with Crippen molar-refractivity contribution in [3.05, 3.63) is 55.6 Å². The third-order valence-corrected chi connectivity index (χ3v) is 2.89. The van der Waals surface area contributed by atoms with Crippen molar-refractivity contribution in [1.29, 1.82) is 0 Å². The Labute approximate surface area is 108 Å². The average Bonchev–Trinajstić information content (AvgIpc) is 2.42. The number of hydrogen-bond acceptors (Lipinski definition) is 5. The maximum absolute atomic E-state index is 13.6. The molecule has 0 amide bonds. The molecule has 4 N–H and O–H groups in total. The van der Waals surface area contributed by atoms with Crippen molar-refractivity contribution in [2.24, 2.45) is 0 Å². The van der Waals surface area contributed by atoms with Crippen molar-refractivity contribution in [1.82, 2.24) is 5.32 Å². The molecule has 2 rings (SSSR count). The molecule has 19 heavy (non-hydrogen) atoms. The SMILES string of the molecule is CNCc1ccc(F)c(CNc2c(N)c(=O)c2=O)c1. The fraction of sp³-hybridized carbons (Fsp3) is 0.231. The molecule has 100 valence electrons. The number of anilines is 2. The standard InChI is InChI=1S/C13H14FN3O2/c1-16-5-7-2-3-9(14)8(4-7)6-17-11-10(15)12(18)13(11)19/h2-4,16-17H,5-6,15H2,1H3. The van der Waals surface area contributed by atoms with Gasteiger partial charge in [0, 0.05) is 18.7 Å². The molecule has 0 radical (unpaired) electrons. The normalized spacial score (nSPS) is 10.8. The van der Waals surface area contributed by atoms with Crippen LogP contribution >= 0.6 is 0 Å². The van der Waals surface area contributed by atoms with Crippen LogP contribution in [-0.4, -0.2) is 7.05 Å². The highest BCUT2D eigenvalue weighted by Crippen LogP contribution is 2.15. The predicted octanol–water partition coefficient (Wildman–Crippen LogP) is 0.335. The molecule has 0 spiro atoms. The lowest BCUT2D eigenvalue weighted by molar-refractivity contribution is 0.611. The Bertz CT molecular complexity index is 675. The summed E-state index contributed by atoms with van der Waals surface area (Å²) < 4.78 is 13.6. The van der Waals surface area contributed by atoms with Crippen molar-refractivity contribution < 1.29 is 4.39 Å². The molecule has 2 aromatic carbocycles. The van der Waals surface area contributed by atoms with E-state index in [9.17, 15) is 14.0 Å². The van der Waals surface area contributed by atoms with Crippen molar-refractivity contribution in [3.63, 3.8) is 0 Å². The summed E-state index contributed by atoms with van der Waals surface area (Å²) in [6.07, 6.45) is 0. The van der Waals surface area contributed by atoms with Crippen LogP contribution in [0.2, 0.25) is 0 Å². The Morgan fingerprint density at radius 3 is 2.58 bits per heavy atom. The van der Waals surface area contributed by atoms with Crippen LogP contribution in [0.4, 0.5) is 15.8 Å². The first-order chi connectivity index (χ1) is 9.04. The molecule has 0 aliphatic rings. The van der Waals surface area contributed by atoms with Gasteiger partial charge in [-0.1, -0.05) is 6.07 Å². The molecular weight excluding hydrogens is 249 g/mol. The zero-order valence-electron chi connectivity index (χ0n) is 10.4. The summed E-state index contributed by atoms with van der Waals surface area (Å²) in [7, 11) is 1.80. The summed E-state index contributed by atoms with van der Waals surface area (Å²) in [5.74, 6) is -0.371. The van der Waals surface area contributed by atoms with Gasteiger partial charge in [-0.25, -0.2) is 4.39 Å². The van der Waals surface area contributed by atoms with Crippen LogP contribution in [0.3, 0.4) is 0 Å². The van der Waals surface area contributed by atoms with Gasteiger partial charge >= 0.3 is 0 Å². The summed E-state index contributed by atoms with van der Waals surface area (Å²) in [5.41, 5.74) is 5.38. The van der Waals surface area contributed by atoms with Gasteiger partial charge in [0.15, 0.2) is 0 Å². The summed E-state index contributed by atoms with van der Waals surface area (Å²) in [6, 6.07) is 4.75. The maximum Gasteiger partial charge on any atom is 0.253 e. The van der Waals surface area contributed by atoms with Gasteiger partial charge in [-0.3, -0.25) is 9.59 Å². The fourth-order valence-corrected chi connectivity index (χ4v) is 1.85. The van der Waals surface area contributed by atoms with Gasteiger partial charge in [0.05, 0.1) is 0 Å². The monoisotopic (exact) mass is 263 g/mol. The molecule has 0 aromatic heterocycles. The third-order valence-electron chi connectivity index (χ3n) is 2.89. The Hall–Kier alpha value is -2.21. The Balaban J connectivity index is 2.13. The number of hydrogen-bond donors (Lipinski definition) is 3. The molecule has 0 aliphatic carbocycles. The first-order valence-corrected chi connectivity index (χ1v) is 5.79. The van der Waals surface area contributed by atoms with E-state index in [1.54, 1.807) is 19.2 Å². The van der Waals surface area contributed by atoms with E-state index in [0.717, 1.165) is 5.56 Å². The van der Waals surface area contributed by atoms with Crippen LogP contribution in [0.5, 0.6) is 0 Å². The van der Waals surface area contributed by atoms with Gasteiger partial charge < -0.3 is 16.4 Å². The number of nitrogens with one attached hydrogen (secondary N) is 2. The minimum absolute atomic E-state index is 0.0726. The van der Waals surface area contributed by atoms with Crippen LogP contribution in [0, 0.1) is 5.82 Å². The van der Waals surface area contributed by atoms with Gasteiger partial charge in [0.25, 0.3) is 10.9 Å². The number of halogens is 1. The lowest BCUT2D eigenvalue weighted by atomic mass is 10.1. The van der Waals surface area contributed by atoms with E-state index in [2.05, 4.69) is 10.6 Å². The third kappa shape index (κ3) is 2.48. The molecule has 2 aromatic rings. The summed E-state index contributed by atoms with van der Waals surface area (Å²) in [6.45, 7) is 0.730. The topological polar surface area (TPSA) is 84.2 Å². The largest absolute Gasteiger partial charge is 0.394 e. The molecule has 0 heterocycles. The van der Waals surface area contributed by atoms with Gasteiger partial charge in [-0.2, -0.15) is 0 Å². The smallest absolute Gasteiger partial charge is 0.253 e. The molecular formula is C13H14FN3O2. The van der Waals surface area contributed by atoms with Crippen molar-refractivity contribution in [3.8, 4) is 0 Å². The highest BCUT2D eigenvalue weighted by molar-refractivity contribution is 5.71. The molecule has 0 saturated heterocycles. The zero-order valence-corrected chi connectivity index (χ0v) is 10.4. The molecule has 5 nitrogen and oxygen atoms in total. The van der Waals surface area contributed by atoms with Gasteiger partial charge in [-0.15, -0.1) is 0 Å². The maximum atomic E-state index is 13.6. The number of rotatable bonds is 5. The van der Waals surface area contributed by atoms with Crippen LogP contribution < -0.4 is 27.2 Å². The predicted molar refractivity (Wildman–Crippen MR) is 72.3 cm³/mol. The lowest BCUT2D eigenvalue weighted by Crippen LogP contribution is -2.37. The summed E-state index contributed by atoms with van der Waals surface area (Å²) in [4.78, 5) is 22.1. The first kappa shape index (κ1) is 13.2. The van der Waals surface area contributed by atoms with E-state index < -0.39 is 10.9 Å². The van der Waals surface area contributed by atoms with Crippen LogP contribution in [-0.2, 0) is 13.1 Å². The van der Waals surface area contributed by atoms with E-state index in [0.29, 0.717) is 12.1 Å². The second-order valence-corrected chi connectivity index (χ2v) is 4.26. The summed E-state index contributed by atoms with van der Waals surface area (Å²) in [5, 5.41) is 5.67. The van der Waals surface area contributed by atoms with Gasteiger partial charge in [-0.05, 0) is 24.7 Å². The molecule has 0 atom stereocenters. The van der Waals surface area contributed by atoms with E-state index in [1.807, 2.05) is 0 Å². The van der Waals surface area contributed by atoms with Crippen molar-refractivity contribution >= 4 is 11.4 Å². The molecule has 0 aliphatic heterocycles. The van der Waals surface area contributed by atoms with Crippen LogP contribution in [0.1, 0.15) is 11.1 Å². The van der Waals surface area contributed by atoms with Crippen LogP contribution in [0.15, 0.2) is 27.8 Å². The fourth-order valence-electron chi connectivity index (χ4n) is 1.85. The lowest BCUT2D eigenvalue weighted by Gasteiger charge is -2.11. The van der Waals surface area contributed by atoms with Gasteiger partial charge in [0.2, 0.25) is 0 Å². The highest BCUT2D eigenvalue weighted by Gasteiger charge is 2.17. The molecule has 0 bridgehead atoms. The Morgan fingerprint density at radius 2 is 1.95 bits per heavy atom. The average molecular weight is 263 g/mol. The van der Waals surface area contributed by atoms with Crippen LogP contribution in [0.25, 0.3) is 0 Å². The number of benzene rings is 1. The minimum atomic E-state index is -0.688. The Morgan fingerprint density at radius 1 is 1.21 bits per heavy atom. The molecule has 0 unspecified atom stereocenters. The number of nitrogens with two attached hydrogens (primary N) is 1. The van der Waals surface area contributed by atoms with E-state index in [1.165, 1.54) is 6.07 Å². The highest BCUT2D eigenvalue weighted by atomic mass is 19.1. The molecule has 0 saturated carbocycles. The zero-order chi connectivity index (χ0) is 14.0. The van der Waals surface area contributed by atoms with Gasteiger partial charge in [0.1, 0.15) is 17.2 Å². The second-order valence-electron chi connectivity index (χ2n) is 4.26. The van der Waals surface area contributed by atoms with E-state index >= 15 is 0 Å². The van der Waals surface area contributed by atoms with Crippen molar-refractivity contribution in [2.75, 3.05) is 18.1 Å². The molecule has 6 heteroatoms. The van der Waals surface area contributed by atoms with E-state index in [-0.39, 0.29) is 23.7 Å². The quantitative estimate of drug-likeness (QED) is 0.677. The molecule has 0 fully saturated rings. The first-order valence-electron chi connectivity index (χ1n) is 5.79. The number of nitrogen functional groups attached to an aromatic ring is 1. The summed E-state index contributed by atoms with van der Waals surface area (Å²) >= 11 is 0. The minimum Gasteiger partial charge on any atom is -0.394 e. The van der Waals surface area contributed by atoms with E-state index in [4.69, 9.17) is 5.73 Å².